The lowest BCUT2D eigenvalue weighted by Gasteiger charge is -2.13. The Morgan fingerprint density at radius 3 is 2.32 bits per heavy atom. The maximum absolute atomic E-state index is 12.4. The Bertz CT molecular complexity index is 768. The number of halogens is 2. The van der Waals surface area contributed by atoms with Crippen molar-refractivity contribution < 1.29 is 19.1 Å². The summed E-state index contributed by atoms with van der Waals surface area (Å²) in [6, 6.07) is 12.0. The van der Waals surface area contributed by atoms with Crippen molar-refractivity contribution in [1.29, 1.82) is 0 Å². The molecule has 25 heavy (non-hydrogen) atoms. The Morgan fingerprint density at radius 1 is 0.960 bits per heavy atom. The van der Waals surface area contributed by atoms with E-state index in [0.29, 0.717) is 33.5 Å². The molecule has 2 amide bonds. The van der Waals surface area contributed by atoms with E-state index >= 15 is 0 Å². The number of rotatable bonds is 6. The second-order valence-corrected chi connectivity index (χ2v) is 6.64. The Morgan fingerprint density at radius 2 is 1.64 bits per heavy atom. The fourth-order valence-corrected chi connectivity index (χ4v) is 2.76. The predicted molar refractivity (Wildman–Crippen MR) is 101 cm³/mol. The maximum atomic E-state index is 12.4. The minimum absolute atomic E-state index is 0.290. The van der Waals surface area contributed by atoms with Crippen LogP contribution in [0.2, 0.25) is 0 Å². The van der Waals surface area contributed by atoms with Gasteiger partial charge in [-0.1, -0.05) is 28.1 Å². The summed E-state index contributed by atoms with van der Waals surface area (Å²) in [6.45, 7) is 0.706. The SMILES string of the molecule is COCCOc1ccc(Br)cc1C(=O)NNC(=O)c1ccccc1Br. The van der Waals surface area contributed by atoms with Gasteiger partial charge in [-0.2, -0.15) is 0 Å². The van der Waals surface area contributed by atoms with E-state index in [1.54, 1.807) is 49.6 Å². The van der Waals surface area contributed by atoms with Crippen LogP contribution in [-0.2, 0) is 4.74 Å². The quantitative estimate of drug-likeness (QED) is 0.500. The minimum Gasteiger partial charge on any atom is -0.490 e. The molecule has 0 unspecified atom stereocenters. The molecule has 2 rings (SSSR count). The van der Waals surface area contributed by atoms with E-state index in [2.05, 4.69) is 42.7 Å². The number of benzene rings is 2. The van der Waals surface area contributed by atoms with Crippen LogP contribution < -0.4 is 15.6 Å². The fraction of sp³-hybridized carbons (Fsp3) is 0.176. The van der Waals surface area contributed by atoms with Gasteiger partial charge in [0, 0.05) is 16.1 Å². The summed E-state index contributed by atoms with van der Waals surface area (Å²) in [6.07, 6.45) is 0. The molecule has 2 N–H and O–H groups in total. The highest BCUT2D eigenvalue weighted by atomic mass is 79.9. The first-order valence-electron chi connectivity index (χ1n) is 7.29. The van der Waals surface area contributed by atoms with Crippen LogP contribution >= 0.6 is 31.9 Å². The third kappa shape index (κ3) is 5.55. The highest BCUT2D eigenvalue weighted by Gasteiger charge is 2.15. The number of hydrogen-bond acceptors (Lipinski definition) is 4. The van der Waals surface area contributed by atoms with Crippen LogP contribution in [-0.4, -0.2) is 32.1 Å². The molecule has 0 spiro atoms. The summed E-state index contributed by atoms with van der Waals surface area (Å²) in [4.78, 5) is 24.6. The van der Waals surface area contributed by atoms with Crippen molar-refractivity contribution in [1.82, 2.24) is 10.9 Å². The van der Waals surface area contributed by atoms with Crippen LogP contribution in [0, 0.1) is 0 Å². The average molecular weight is 472 g/mol. The van der Waals surface area contributed by atoms with Crippen LogP contribution in [0.4, 0.5) is 0 Å². The van der Waals surface area contributed by atoms with Crippen molar-refractivity contribution in [2.45, 2.75) is 0 Å². The smallest absolute Gasteiger partial charge is 0.273 e. The molecule has 2 aromatic carbocycles. The molecule has 0 saturated carbocycles. The monoisotopic (exact) mass is 470 g/mol. The molecule has 0 fully saturated rings. The predicted octanol–water partition coefficient (Wildman–Crippen LogP) is 3.31. The number of carbonyl (C=O) groups excluding carboxylic acids is 2. The largest absolute Gasteiger partial charge is 0.490 e. The molecular formula is C17H16Br2N2O4. The van der Waals surface area contributed by atoms with E-state index in [1.807, 2.05) is 0 Å². The van der Waals surface area contributed by atoms with Crippen LogP contribution in [0.5, 0.6) is 5.75 Å². The van der Waals surface area contributed by atoms with Gasteiger partial charge in [0.1, 0.15) is 12.4 Å². The second-order valence-electron chi connectivity index (χ2n) is 4.87. The van der Waals surface area contributed by atoms with Gasteiger partial charge in [-0.15, -0.1) is 0 Å². The van der Waals surface area contributed by atoms with Gasteiger partial charge in [0.25, 0.3) is 11.8 Å². The van der Waals surface area contributed by atoms with Gasteiger partial charge >= 0.3 is 0 Å². The van der Waals surface area contributed by atoms with E-state index < -0.39 is 11.8 Å². The van der Waals surface area contributed by atoms with Crippen molar-refractivity contribution >= 4 is 43.7 Å². The molecule has 6 nitrogen and oxygen atoms in total. The van der Waals surface area contributed by atoms with Gasteiger partial charge in [-0.05, 0) is 46.3 Å². The Kier molecular flexibility index (Phi) is 7.42. The van der Waals surface area contributed by atoms with Crippen LogP contribution in [0.3, 0.4) is 0 Å². The maximum Gasteiger partial charge on any atom is 0.273 e. The van der Waals surface area contributed by atoms with Crippen LogP contribution in [0.15, 0.2) is 51.4 Å². The standard InChI is InChI=1S/C17H16Br2N2O4/c1-24-8-9-25-15-7-6-11(18)10-13(15)17(23)21-20-16(22)12-4-2-3-5-14(12)19/h2-7,10H,8-9H2,1H3,(H,20,22)(H,21,23). The van der Waals surface area contributed by atoms with E-state index in [9.17, 15) is 9.59 Å². The van der Waals surface area contributed by atoms with Crippen LogP contribution in [0.1, 0.15) is 20.7 Å². The number of hydrogen-bond donors (Lipinski definition) is 2. The third-order valence-electron chi connectivity index (χ3n) is 3.14. The Balaban J connectivity index is 2.06. The average Bonchev–Trinajstić information content (AvgIpc) is 2.61. The van der Waals surface area contributed by atoms with Crippen LogP contribution in [0.25, 0.3) is 0 Å². The topological polar surface area (TPSA) is 76.7 Å². The summed E-state index contributed by atoms with van der Waals surface area (Å²) in [7, 11) is 1.57. The highest BCUT2D eigenvalue weighted by molar-refractivity contribution is 9.10. The number of carbonyl (C=O) groups is 2. The molecule has 0 aliphatic rings. The van der Waals surface area contributed by atoms with Crippen molar-refractivity contribution in [2.75, 3.05) is 20.3 Å². The van der Waals surface area contributed by atoms with Gasteiger partial charge in [-0.3, -0.25) is 20.4 Å². The van der Waals surface area contributed by atoms with E-state index in [-0.39, 0.29) is 5.56 Å². The van der Waals surface area contributed by atoms with E-state index in [0.717, 1.165) is 0 Å². The first-order valence-corrected chi connectivity index (χ1v) is 8.88. The summed E-state index contributed by atoms with van der Waals surface area (Å²) in [5, 5.41) is 0. The molecule has 2 aromatic rings. The van der Waals surface area contributed by atoms with Gasteiger partial charge in [0.15, 0.2) is 0 Å². The van der Waals surface area contributed by atoms with Crippen molar-refractivity contribution in [3.8, 4) is 5.75 Å². The zero-order chi connectivity index (χ0) is 18.2. The summed E-state index contributed by atoms with van der Waals surface area (Å²) in [5.74, 6) is -0.528. The zero-order valence-corrected chi connectivity index (χ0v) is 16.5. The minimum atomic E-state index is -0.492. The summed E-state index contributed by atoms with van der Waals surface area (Å²) in [5.41, 5.74) is 5.48. The summed E-state index contributed by atoms with van der Waals surface area (Å²) < 4.78 is 11.8. The molecule has 0 aliphatic heterocycles. The van der Waals surface area contributed by atoms with Gasteiger partial charge < -0.3 is 9.47 Å². The molecular weight excluding hydrogens is 456 g/mol. The number of nitrogens with one attached hydrogen (secondary N) is 2. The van der Waals surface area contributed by atoms with Gasteiger partial charge in [0.2, 0.25) is 0 Å². The molecule has 0 aliphatic carbocycles. The van der Waals surface area contributed by atoms with E-state index in [4.69, 9.17) is 9.47 Å². The summed E-state index contributed by atoms with van der Waals surface area (Å²) >= 11 is 6.61. The van der Waals surface area contributed by atoms with Gasteiger partial charge in [-0.25, -0.2) is 0 Å². The Labute approximate surface area is 162 Å². The van der Waals surface area contributed by atoms with Gasteiger partial charge in [0.05, 0.1) is 17.7 Å². The first kappa shape index (κ1) is 19.4. The lowest BCUT2D eigenvalue weighted by molar-refractivity contribution is 0.0842. The Hall–Kier alpha value is -1.90. The molecule has 0 radical (unpaired) electrons. The van der Waals surface area contributed by atoms with Crippen molar-refractivity contribution in [3.05, 3.63) is 62.5 Å². The molecule has 132 valence electrons. The highest BCUT2D eigenvalue weighted by Crippen LogP contribution is 2.23. The number of hydrazine groups is 1. The molecule has 0 bridgehead atoms. The first-order chi connectivity index (χ1) is 12.0. The lowest BCUT2D eigenvalue weighted by atomic mass is 10.2. The lowest BCUT2D eigenvalue weighted by Crippen LogP contribution is -2.41. The van der Waals surface area contributed by atoms with E-state index in [1.165, 1.54) is 0 Å². The molecule has 0 saturated heterocycles. The molecule has 0 aromatic heterocycles. The van der Waals surface area contributed by atoms with Crippen molar-refractivity contribution in [2.24, 2.45) is 0 Å². The number of methoxy groups -OCH3 is 1. The molecule has 0 atom stereocenters. The number of amides is 2. The number of ether oxygens (including phenoxy) is 2. The zero-order valence-electron chi connectivity index (χ0n) is 13.3. The molecule has 0 heterocycles. The normalized spacial score (nSPS) is 10.2. The molecule has 8 heteroatoms. The second kappa shape index (κ2) is 9.55. The fourth-order valence-electron chi connectivity index (χ4n) is 1.93. The third-order valence-corrected chi connectivity index (χ3v) is 4.32. The van der Waals surface area contributed by atoms with Crippen molar-refractivity contribution in [3.63, 3.8) is 0 Å².